The molecule has 0 spiro atoms. The zero-order valence-corrected chi connectivity index (χ0v) is 23.5. The molecular formula is C32H32N2O8. The molecule has 0 radical (unpaired) electrons. The number of ether oxygens (including phenoxy) is 5. The molecule has 4 atom stereocenters. The average molecular weight is 573 g/mol. The van der Waals surface area contributed by atoms with Gasteiger partial charge in [0.2, 0.25) is 0 Å². The van der Waals surface area contributed by atoms with Gasteiger partial charge in [-0.2, -0.15) is 0 Å². The lowest BCUT2D eigenvalue weighted by molar-refractivity contribution is -0.204. The van der Waals surface area contributed by atoms with Gasteiger partial charge in [-0.05, 0) is 47.9 Å². The van der Waals surface area contributed by atoms with Crippen molar-refractivity contribution in [1.82, 2.24) is 9.55 Å². The number of aromatic nitrogens is 2. The zero-order chi connectivity index (χ0) is 29.5. The second kappa shape index (κ2) is 10.9. The van der Waals surface area contributed by atoms with E-state index in [9.17, 15) is 14.7 Å². The van der Waals surface area contributed by atoms with Gasteiger partial charge in [0, 0.05) is 11.8 Å². The number of benzene rings is 3. The Morgan fingerprint density at radius 3 is 2.07 bits per heavy atom. The Hall–Kier alpha value is -4.22. The Balaban J connectivity index is 1.44. The first-order chi connectivity index (χ1) is 20.3. The van der Waals surface area contributed by atoms with Gasteiger partial charge in [-0.3, -0.25) is 14.3 Å². The first kappa shape index (κ1) is 27.9. The highest BCUT2D eigenvalue weighted by atomic mass is 16.7. The molecule has 3 aromatic carbocycles. The molecule has 2 bridgehead atoms. The maximum Gasteiger partial charge on any atom is 0.330 e. The van der Waals surface area contributed by atoms with Crippen LogP contribution in [0.2, 0.25) is 0 Å². The third-order valence-electron chi connectivity index (χ3n) is 8.13. The van der Waals surface area contributed by atoms with Gasteiger partial charge in [-0.1, -0.05) is 54.6 Å². The molecule has 2 aliphatic rings. The summed E-state index contributed by atoms with van der Waals surface area (Å²) in [5, 5.41) is 11.4. The second-order valence-corrected chi connectivity index (χ2v) is 10.6. The highest BCUT2D eigenvalue weighted by Gasteiger charge is 2.63. The van der Waals surface area contributed by atoms with Crippen molar-refractivity contribution in [2.75, 3.05) is 27.4 Å². The highest BCUT2D eigenvalue weighted by molar-refractivity contribution is 5.49. The van der Waals surface area contributed by atoms with Crippen molar-refractivity contribution in [1.29, 1.82) is 0 Å². The number of fused-ring (bicyclic) bond motifs is 2. The van der Waals surface area contributed by atoms with Gasteiger partial charge >= 0.3 is 5.69 Å². The predicted octanol–water partition coefficient (Wildman–Crippen LogP) is 2.90. The number of hydrogen-bond donors (Lipinski definition) is 2. The van der Waals surface area contributed by atoms with E-state index in [-0.39, 0.29) is 13.2 Å². The number of aliphatic hydroxyl groups excluding tert-OH is 1. The standard InChI is InChI=1S/C32H32N2O8/c1-20-17-34(30(37)33-28(20)36)29-26-27(35)31(42-29,18-40-26)19-41-32(21-7-5-4-6-8-21,22-9-13-24(38-2)14-10-22)23-11-15-25(39-3)16-12-23/h4-17,26-27,29,35H,18-19H2,1-3H3,(H,33,36,37)/t26-,27+,29+,31+/m0/s1. The topological polar surface area (TPSA) is 121 Å². The smallest absolute Gasteiger partial charge is 0.330 e. The Bertz CT molecular complexity index is 1620. The lowest BCUT2D eigenvalue weighted by Gasteiger charge is -2.39. The van der Waals surface area contributed by atoms with Gasteiger partial charge < -0.3 is 28.8 Å². The van der Waals surface area contributed by atoms with E-state index in [1.165, 1.54) is 10.8 Å². The zero-order valence-electron chi connectivity index (χ0n) is 23.5. The van der Waals surface area contributed by atoms with Gasteiger partial charge in [0.05, 0.1) is 27.4 Å². The fourth-order valence-electron chi connectivity index (χ4n) is 5.82. The Morgan fingerprint density at radius 2 is 1.50 bits per heavy atom. The molecule has 10 heteroatoms. The van der Waals surface area contributed by atoms with Crippen molar-refractivity contribution in [2.24, 2.45) is 0 Å². The number of aromatic amines is 1. The lowest BCUT2D eigenvalue weighted by atomic mass is 9.79. The molecule has 4 aromatic rings. The third-order valence-corrected chi connectivity index (χ3v) is 8.13. The summed E-state index contributed by atoms with van der Waals surface area (Å²) in [7, 11) is 3.22. The van der Waals surface area contributed by atoms with Crippen LogP contribution in [-0.2, 0) is 19.8 Å². The molecule has 2 fully saturated rings. The van der Waals surface area contributed by atoms with Crippen LogP contribution in [0.5, 0.6) is 11.5 Å². The van der Waals surface area contributed by atoms with Gasteiger partial charge in [-0.15, -0.1) is 0 Å². The number of H-pyrrole nitrogens is 1. The van der Waals surface area contributed by atoms with E-state index in [0.29, 0.717) is 17.1 Å². The van der Waals surface area contributed by atoms with E-state index in [0.717, 1.165) is 16.7 Å². The van der Waals surface area contributed by atoms with Crippen molar-refractivity contribution in [3.05, 3.63) is 128 Å². The first-order valence-corrected chi connectivity index (χ1v) is 13.6. The van der Waals surface area contributed by atoms with Crippen LogP contribution in [0.1, 0.15) is 28.5 Å². The molecule has 6 rings (SSSR count). The largest absolute Gasteiger partial charge is 0.497 e. The van der Waals surface area contributed by atoms with E-state index in [2.05, 4.69) is 4.98 Å². The first-order valence-electron chi connectivity index (χ1n) is 13.6. The molecule has 10 nitrogen and oxygen atoms in total. The number of aliphatic hydroxyl groups is 1. The molecule has 2 saturated heterocycles. The quantitative estimate of drug-likeness (QED) is 0.294. The number of nitrogens with one attached hydrogen (secondary N) is 1. The van der Waals surface area contributed by atoms with Crippen molar-refractivity contribution in [3.8, 4) is 11.5 Å². The van der Waals surface area contributed by atoms with Crippen LogP contribution in [0.3, 0.4) is 0 Å². The van der Waals surface area contributed by atoms with Crippen molar-refractivity contribution in [3.63, 3.8) is 0 Å². The molecular weight excluding hydrogens is 540 g/mol. The molecule has 218 valence electrons. The van der Waals surface area contributed by atoms with Gasteiger partial charge in [0.15, 0.2) is 6.23 Å². The number of methoxy groups -OCH3 is 2. The van der Waals surface area contributed by atoms with E-state index in [1.54, 1.807) is 21.1 Å². The lowest BCUT2D eigenvalue weighted by Crippen LogP contribution is -2.48. The van der Waals surface area contributed by atoms with Gasteiger partial charge in [0.25, 0.3) is 5.56 Å². The van der Waals surface area contributed by atoms with Crippen LogP contribution < -0.4 is 20.7 Å². The summed E-state index contributed by atoms with van der Waals surface area (Å²) in [5.74, 6) is 1.39. The van der Waals surface area contributed by atoms with Gasteiger partial charge in [-0.25, -0.2) is 4.79 Å². The Morgan fingerprint density at radius 1 is 0.929 bits per heavy atom. The van der Waals surface area contributed by atoms with Crippen LogP contribution in [-0.4, -0.2) is 59.9 Å². The maximum absolute atomic E-state index is 12.7. The molecule has 2 aliphatic heterocycles. The molecule has 3 heterocycles. The Labute approximate surface area is 242 Å². The number of aryl methyl sites for hydroxylation is 1. The minimum absolute atomic E-state index is 0.0580. The molecule has 42 heavy (non-hydrogen) atoms. The Kier molecular flexibility index (Phi) is 7.24. The van der Waals surface area contributed by atoms with Crippen LogP contribution in [0.15, 0.2) is 94.6 Å². The normalized spacial score (nSPS) is 23.2. The number of rotatable bonds is 9. The number of hydrogen-bond acceptors (Lipinski definition) is 8. The van der Waals surface area contributed by atoms with Gasteiger partial charge in [0.1, 0.15) is 34.9 Å². The van der Waals surface area contributed by atoms with Crippen LogP contribution in [0.25, 0.3) is 0 Å². The summed E-state index contributed by atoms with van der Waals surface area (Å²) >= 11 is 0. The summed E-state index contributed by atoms with van der Waals surface area (Å²) in [5.41, 5.74) is -0.717. The van der Waals surface area contributed by atoms with E-state index >= 15 is 0 Å². The average Bonchev–Trinajstić information content (AvgIpc) is 3.49. The van der Waals surface area contributed by atoms with E-state index < -0.39 is 40.9 Å². The maximum atomic E-state index is 12.7. The van der Waals surface area contributed by atoms with Crippen LogP contribution in [0.4, 0.5) is 0 Å². The summed E-state index contributed by atoms with van der Waals surface area (Å²) in [6.07, 6.45) is -1.46. The molecule has 0 saturated carbocycles. The van der Waals surface area contributed by atoms with Crippen LogP contribution >= 0.6 is 0 Å². The molecule has 1 aromatic heterocycles. The van der Waals surface area contributed by atoms with Crippen molar-refractivity contribution in [2.45, 2.75) is 36.6 Å². The monoisotopic (exact) mass is 572 g/mol. The molecule has 0 unspecified atom stereocenters. The highest BCUT2D eigenvalue weighted by Crippen LogP contribution is 2.48. The minimum atomic E-state index is -1.28. The SMILES string of the molecule is COc1ccc(C(OC[C@@]23CO[C@H]([C@H](n4cc(C)c(=O)[nH]c4=O)O2)[C@H]3O)(c2ccccc2)c2ccc(OC)cc2)cc1. The second-order valence-electron chi connectivity index (χ2n) is 10.6. The minimum Gasteiger partial charge on any atom is -0.497 e. The molecule has 2 N–H and O–H groups in total. The predicted molar refractivity (Wildman–Crippen MR) is 153 cm³/mol. The summed E-state index contributed by atoms with van der Waals surface area (Å²) in [4.78, 5) is 26.9. The van der Waals surface area contributed by atoms with Crippen molar-refractivity contribution >= 4 is 0 Å². The van der Waals surface area contributed by atoms with Crippen molar-refractivity contribution < 1.29 is 28.8 Å². The third kappa shape index (κ3) is 4.53. The van der Waals surface area contributed by atoms with E-state index in [1.807, 2.05) is 78.9 Å². The van der Waals surface area contributed by atoms with Crippen LogP contribution in [0, 0.1) is 6.92 Å². The molecule has 0 amide bonds. The fraction of sp³-hybridized carbons (Fsp3) is 0.312. The summed E-state index contributed by atoms with van der Waals surface area (Å²) < 4.78 is 31.4. The summed E-state index contributed by atoms with van der Waals surface area (Å²) in [6, 6.07) is 25.0. The molecule has 0 aliphatic carbocycles. The fourth-order valence-corrected chi connectivity index (χ4v) is 5.82. The summed E-state index contributed by atoms with van der Waals surface area (Å²) in [6.45, 7) is 1.57. The van der Waals surface area contributed by atoms with E-state index in [4.69, 9.17) is 23.7 Å². The number of nitrogens with zero attached hydrogens (tertiary/aromatic N) is 1.